The molecule has 1 nitrogen and oxygen atoms in total. The van der Waals surface area contributed by atoms with Crippen LogP contribution in [-0.2, 0) is 0 Å². The highest BCUT2D eigenvalue weighted by Crippen LogP contribution is 2.56. The van der Waals surface area contributed by atoms with E-state index in [9.17, 15) is 0 Å². The lowest BCUT2D eigenvalue weighted by atomic mass is 10.00. The van der Waals surface area contributed by atoms with E-state index >= 15 is 0 Å². The minimum Gasteiger partial charge on any atom is -0.292 e. The summed E-state index contributed by atoms with van der Waals surface area (Å²) in [6, 6.07) is 0. The average Bonchev–Trinajstić information content (AvgIpc) is 3.05. The molecule has 1 heteroatoms. The van der Waals surface area contributed by atoms with Crippen molar-refractivity contribution in [1.82, 2.24) is 0 Å². The Morgan fingerprint density at radius 3 is 3.19 bits per heavy atom. The first-order chi connectivity index (χ1) is 7.89. The van der Waals surface area contributed by atoms with Crippen molar-refractivity contribution in [2.45, 2.75) is 19.3 Å². The molecular formula is C15H17N. The van der Waals surface area contributed by atoms with Crippen molar-refractivity contribution in [3.05, 3.63) is 48.1 Å². The third-order valence-electron chi connectivity index (χ3n) is 3.71. The summed E-state index contributed by atoms with van der Waals surface area (Å²) in [5, 5.41) is 0. The maximum absolute atomic E-state index is 4.60. The Hall–Kier alpha value is -1.37. The normalized spacial score (nSPS) is 35.2. The van der Waals surface area contributed by atoms with E-state index < -0.39 is 0 Å². The molecule has 2 atom stereocenters. The Kier molecular flexibility index (Phi) is 2.39. The number of fused-ring (bicyclic) bond motifs is 1. The van der Waals surface area contributed by atoms with Crippen LogP contribution >= 0.6 is 0 Å². The molecule has 0 aromatic carbocycles. The number of nitrogens with zero attached hydrogens (tertiary/aromatic N) is 1. The zero-order valence-electron chi connectivity index (χ0n) is 9.47. The Labute approximate surface area is 97.0 Å². The van der Waals surface area contributed by atoms with Crippen molar-refractivity contribution in [1.29, 1.82) is 0 Å². The molecule has 0 spiro atoms. The van der Waals surface area contributed by atoms with Gasteiger partial charge >= 0.3 is 0 Å². The van der Waals surface area contributed by atoms with Crippen molar-refractivity contribution in [3.63, 3.8) is 0 Å². The van der Waals surface area contributed by atoms with Gasteiger partial charge in [0.2, 0.25) is 0 Å². The lowest BCUT2D eigenvalue weighted by Gasteiger charge is -2.10. The molecular weight excluding hydrogens is 194 g/mol. The second-order valence-corrected chi connectivity index (χ2v) is 4.94. The molecule has 16 heavy (non-hydrogen) atoms. The maximum Gasteiger partial charge on any atom is 0.0486 e. The van der Waals surface area contributed by atoms with Gasteiger partial charge in [-0.3, -0.25) is 4.99 Å². The van der Waals surface area contributed by atoms with E-state index in [-0.39, 0.29) is 0 Å². The Morgan fingerprint density at radius 2 is 2.38 bits per heavy atom. The van der Waals surface area contributed by atoms with Gasteiger partial charge in [0.25, 0.3) is 0 Å². The van der Waals surface area contributed by atoms with Crippen LogP contribution < -0.4 is 0 Å². The van der Waals surface area contributed by atoms with E-state index in [2.05, 4.69) is 47.5 Å². The summed E-state index contributed by atoms with van der Waals surface area (Å²) in [7, 11) is 0. The van der Waals surface area contributed by atoms with Gasteiger partial charge in [0.15, 0.2) is 0 Å². The predicted octanol–water partition coefficient (Wildman–Crippen LogP) is 3.47. The monoisotopic (exact) mass is 211 g/mol. The van der Waals surface area contributed by atoms with E-state index in [0.29, 0.717) is 5.41 Å². The Balaban J connectivity index is 1.59. The fourth-order valence-corrected chi connectivity index (χ4v) is 2.53. The van der Waals surface area contributed by atoms with Crippen LogP contribution in [0.2, 0.25) is 0 Å². The molecule has 0 heterocycles. The van der Waals surface area contributed by atoms with Crippen LogP contribution in [0.5, 0.6) is 0 Å². The topological polar surface area (TPSA) is 12.4 Å². The van der Waals surface area contributed by atoms with E-state index in [4.69, 9.17) is 0 Å². The van der Waals surface area contributed by atoms with Crippen molar-refractivity contribution in [3.8, 4) is 0 Å². The van der Waals surface area contributed by atoms with Gasteiger partial charge in [-0.25, -0.2) is 0 Å². The highest BCUT2D eigenvalue weighted by molar-refractivity contribution is 5.82. The highest BCUT2D eigenvalue weighted by atomic mass is 14.8. The zero-order valence-corrected chi connectivity index (χ0v) is 9.47. The van der Waals surface area contributed by atoms with Crippen LogP contribution in [0.3, 0.4) is 0 Å². The smallest absolute Gasteiger partial charge is 0.0486 e. The largest absolute Gasteiger partial charge is 0.292 e. The number of aliphatic imine (C=N–C) groups is 1. The second-order valence-electron chi connectivity index (χ2n) is 4.94. The standard InChI is InChI=1S/C15H17N/c1-2-6-13(7-3-1)11-16-12-15-9-5-4-8-14(15)10-15/h2,4-9,11,14H,1,3,10,12H2/b16-11+. The summed E-state index contributed by atoms with van der Waals surface area (Å²) >= 11 is 0. The quantitative estimate of drug-likeness (QED) is 0.634. The van der Waals surface area contributed by atoms with E-state index in [1.807, 2.05) is 6.21 Å². The number of rotatable bonds is 3. The molecule has 3 rings (SSSR count). The number of hydrogen-bond donors (Lipinski definition) is 0. The molecule has 0 aromatic heterocycles. The fraction of sp³-hybridized carbons (Fsp3) is 0.400. The number of hydrogen-bond acceptors (Lipinski definition) is 1. The van der Waals surface area contributed by atoms with Crippen LogP contribution in [-0.4, -0.2) is 12.8 Å². The molecule has 82 valence electrons. The molecule has 1 saturated carbocycles. The van der Waals surface area contributed by atoms with Crippen molar-refractivity contribution in [2.75, 3.05) is 6.54 Å². The fourth-order valence-electron chi connectivity index (χ4n) is 2.53. The van der Waals surface area contributed by atoms with E-state index in [0.717, 1.165) is 18.9 Å². The molecule has 0 aliphatic heterocycles. The third kappa shape index (κ3) is 1.82. The van der Waals surface area contributed by atoms with Crippen molar-refractivity contribution >= 4 is 6.21 Å². The molecule has 0 bridgehead atoms. The lowest BCUT2D eigenvalue weighted by molar-refractivity contribution is 0.626. The summed E-state index contributed by atoms with van der Waals surface area (Å²) in [6.45, 7) is 0.948. The minimum absolute atomic E-state index is 0.379. The second kappa shape index (κ2) is 3.89. The molecule has 0 amide bonds. The summed E-state index contributed by atoms with van der Waals surface area (Å²) in [6.07, 6.45) is 21.3. The molecule has 1 fully saturated rings. The van der Waals surface area contributed by atoms with E-state index in [1.54, 1.807) is 0 Å². The first-order valence-corrected chi connectivity index (χ1v) is 6.12. The summed E-state index contributed by atoms with van der Waals surface area (Å²) < 4.78 is 0. The van der Waals surface area contributed by atoms with Crippen molar-refractivity contribution < 1.29 is 0 Å². The summed E-state index contributed by atoms with van der Waals surface area (Å²) in [4.78, 5) is 4.60. The van der Waals surface area contributed by atoms with Crippen molar-refractivity contribution in [2.24, 2.45) is 16.3 Å². The molecule has 3 aliphatic rings. The van der Waals surface area contributed by atoms with E-state index in [1.165, 1.54) is 18.4 Å². The van der Waals surface area contributed by atoms with Gasteiger partial charge in [0.05, 0.1) is 0 Å². The Bertz CT molecular complexity index is 423. The van der Waals surface area contributed by atoms with Crippen LogP contribution in [0.15, 0.2) is 53.1 Å². The molecule has 2 unspecified atom stereocenters. The van der Waals surface area contributed by atoms with Crippen LogP contribution in [0.25, 0.3) is 0 Å². The minimum atomic E-state index is 0.379. The molecule has 0 aromatic rings. The lowest BCUT2D eigenvalue weighted by Crippen LogP contribution is -2.06. The first-order valence-electron chi connectivity index (χ1n) is 6.12. The molecule has 0 saturated heterocycles. The predicted molar refractivity (Wildman–Crippen MR) is 68.6 cm³/mol. The maximum atomic E-state index is 4.60. The highest BCUT2D eigenvalue weighted by Gasteiger charge is 2.50. The SMILES string of the molecule is C1=CC2CC2(C/N=C/C2=CCCC=C2)C=C1. The summed E-state index contributed by atoms with van der Waals surface area (Å²) in [5.41, 5.74) is 1.65. The first kappa shape index (κ1) is 9.83. The Morgan fingerprint density at radius 1 is 1.38 bits per heavy atom. The number of allylic oxidation sites excluding steroid dienone is 7. The van der Waals surface area contributed by atoms with Crippen LogP contribution in [0, 0.1) is 11.3 Å². The van der Waals surface area contributed by atoms with Crippen LogP contribution in [0.1, 0.15) is 19.3 Å². The van der Waals surface area contributed by atoms with Gasteiger partial charge in [-0.2, -0.15) is 0 Å². The van der Waals surface area contributed by atoms with Gasteiger partial charge in [0.1, 0.15) is 0 Å². The average molecular weight is 211 g/mol. The van der Waals surface area contributed by atoms with Gasteiger partial charge in [-0.1, -0.05) is 42.5 Å². The third-order valence-corrected chi connectivity index (χ3v) is 3.71. The zero-order chi connectivity index (χ0) is 10.8. The van der Waals surface area contributed by atoms with Gasteiger partial charge < -0.3 is 0 Å². The summed E-state index contributed by atoms with van der Waals surface area (Å²) in [5.74, 6) is 0.755. The molecule has 0 radical (unpaired) electrons. The molecule has 3 aliphatic carbocycles. The molecule has 0 N–H and O–H groups in total. The van der Waals surface area contributed by atoms with Crippen LogP contribution in [0.4, 0.5) is 0 Å². The van der Waals surface area contributed by atoms with Gasteiger partial charge in [-0.15, -0.1) is 0 Å². The van der Waals surface area contributed by atoms with Gasteiger partial charge in [0, 0.05) is 18.2 Å². The van der Waals surface area contributed by atoms with Gasteiger partial charge in [-0.05, 0) is 30.8 Å².